The molecule has 1 aromatic rings. The molecule has 5 rings (SSSR count). The Morgan fingerprint density at radius 2 is 1.76 bits per heavy atom. The molecule has 1 spiro atoms. The van der Waals surface area contributed by atoms with Crippen LogP contribution in [0.1, 0.15) is 102 Å². The molecule has 0 aromatic heterocycles. The van der Waals surface area contributed by atoms with Crippen molar-refractivity contribution in [3.05, 3.63) is 35.9 Å². The zero-order valence-electron chi connectivity index (χ0n) is 28.5. The van der Waals surface area contributed by atoms with Crippen LogP contribution in [0.2, 0.25) is 0 Å². The van der Waals surface area contributed by atoms with E-state index >= 15 is 0 Å². The number of carbonyl (C=O) groups is 5. The monoisotopic (exact) mass is 701 g/mol. The number of ketones is 1. The fourth-order valence-corrected chi connectivity index (χ4v) is 7.95. The van der Waals surface area contributed by atoms with Gasteiger partial charge in [0.25, 0.3) is 5.91 Å². The van der Waals surface area contributed by atoms with E-state index in [9.17, 15) is 32.4 Å². The van der Waals surface area contributed by atoms with Gasteiger partial charge in [0.15, 0.2) is 5.60 Å². The first kappa shape index (κ1) is 36.3. The summed E-state index contributed by atoms with van der Waals surface area (Å²) in [5, 5.41) is 8.93. The van der Waals surface area contributed by atoms with E-state index in [-0.39, 0.29) is 43.2 Å². The van der Waals surface area contributed by atoms with Crippen LogP contribution in [0, 0.1) is 5.92 Å². The number of nitrogens with zero attached hydrogens (tertiary/aromatic N) is 2. The topological polar surface area (TPSA) is 190 Å². The first-order valence-electron chi connectivity index (χ1n) is 17.2. The lowest BCUT2D eigenvalue weighted by Crippen LogP contribution is -2.58. The predicted molar refractivity (Wildman–Crippen MR) is 179 cm³/mol. The van der Waals surface area contributed by atoms with E-state index in [1.165, 1.54) is 4.90 Å². The molecule has 2 heterocycles. The van der Waals surface area contributed by atoms with Crippen LogP contribution in [0.25, 0.3) is 0 Å². The van der Waals surface area contributed by atoms with Gasteiger partial charge in [0.2, 0.25) is 27.6 Å². The van der Waals surface area contributed by atoms with Crippen LogP contribution in [-0.4, -0.2) is 89.7 Å². The van der Waals surface area contributed by atoms with Gasteiger partial charge in [-0.2, -0.15) is 0 Å². The molecule has 14 nitrogen and oxygen atoms in total. The van der Waals surface area contributed by atoms with E-state index in [4.69, 9.17) is 9.57 Å². The summed E-state index contributed by atoms with van der Waals surface area (Å²) in [5.74, 6) is -2.72. The highest BCUT2D eigenvalue weighted by atomic mass is 32.2. The maximum atomic E-state index is 14.3. The molecule has 1 aromatic carbocycles. The number of amides is 4. The first-order chi connectivity index (χ1) is 23.2. The summed E-state index contributed by atoms with van der Waals surface area (Å²) < 4.78 is 32.6. The molecule has 4 aliphatic rings. The Morgan fingerprint density at radius 1 is 1.06 bits per heavy atom. The Balaban J connectivity index is 1.39. The van der Waals surface area contributed by atoms with Gasteiger partial charge in [0.1, 0.15) is 23.3 Å². The summed E-state index contributed by atoms with van der Waals surface area (Å²) in [4.78, 5) is 74.9. The van der Waals surface area contributed by atoms with Gasteiger partial charge >= 0.3 is 6.09 Å². The number of rotatable bonds is 15. The Morgan fingerprint density at radius 3 is 2.37 bits per heavy atom. The van der Waals surface area contributed by atoms with Crippen molar-refractivity contribution >= 4 is 45.3 Å². The predicted octanol–water partition coefficient (Wildman–Crippen LogP) is 2.96. The normalized spacial score (nSPS) is 26.5. The molecule has 2 saturated carbocycles. The van der Waals surface area contributed by atoms with E-state index in [1.54, 1.807) is 51.1 Å². The minimum atomic E-state index is -3.87. The maximum Gasteiger partial charge on any atom is 0.408 e. The van der Waals surface area contributed by atoms with Gasteiger partial charge in [-0.15, -0.1) is 0 Å². The van der Waals surface area contributed by atoms with Crippen molar-refractivity contribution < 1.29 is 42.0 Å². The number of carbonyl (C=O) groups excluding carboxylic acids is 5. The number of ether oxygens (including phenoxy) is 1. The average Bonchev–Trinajstić information content (AvgIpc) is 3.94. The molecule has 4 amide bonds. The summed E-state index contributed by atoms with van der Waals surface area (Å²) in [6, 6.07) is 6.37. The van der Waals surface area contributed by atoms with Crippen LogP contribution in [0.5, 0.6) is 0 Å². The molecule has 0 bridgehead atoms. The van der Waals surface area contributed by atoms with Crippen molar-refractivity contribution in [1.82, 2.24) is 20.3 Å². The van der Waals surface area contributed by atoms with Gasteiger partial charge in [-0.3, -0.25) is 23.9 Å². The second kappa shape index (κ2) is 14.5. The smallest absolute Gasteiger partial charge is 0.408 e. The number of hydrogen-bond donors (Lipinski definition) is 3. The molecule has 3 N–H and O–H groups in total. The van der Waals surface area contributed by atoms with Crippen molar-refractivity contribution in [3.63, 3.8) is 0 Å². The highest BCUT2D eigenvalue weighted by Crippen LogP contribution is 2.45. The standard InChI is InChI=1S/C34H47N5O9S/c1-5-6-7-11-14-25(35-32(44)47-21(2)3)30(42)39-20-33(18-26(37-48-33)28(40)23-12-9-8-10-13-23)19-27(39)29(41)36-34(17-22(34)4)31(43)38-49(45,46)24-15-16-24/h8-10,12-13,21-22,24-25,27H,5-7,11,14-20H2,1-4H3,(H,35,44)(H,36,41)(H,38,43). The van der Waals surface area contributed by atoms with Gasteiger partial charge < -0.3 is 25.1 Å². The lowest BCUT2D eigenvalue weighted by atomic mass is 9.91. The van der Waals surface area contributed by atoms with Crippen LogP contribution in [0.4, 0.5) is 4.79 Å². The SMILES string of the molecule is CCCCCCC(NC(=O)OC(C)C)C(=O)N1CC2(CC(C(=O)c3ccccc3)=NO2)CC1C(=O)NC1(C(=O)NS(=O)(=O)C2CC2)CC1C. The summed E-state index contributed by atoms with van der Waals surface area (Å²) >= 11 is 0. The van der Waals surface area contributed by atoms with Crippen molar-refractivity contribution in [2.24, 2.45) is 11.1 Å². The largest absolute Gasteiger partial charge is 0.447 e. The third kappa shape index (κ3) is 8.25. The van der Waals surface area contributed by atoms with Crippen LogP contribution in [-0.2, 0) is 34.0 Å². The second-order valence-electron chi connectivity index (χ2n) is 14.1. The van der Waals surface area contributed by atoms with Crippen LogP contribution in [0.15, 0.2) is 35.5 Å². The summed E-state index contributed by atoms with van der Waals surface area (Å²) in [6.07, 6.45) is 3.59. The first-order valence-corrected chi connectivity index (χ1v) is 18.8. The van der Waals surface area contributed by atoms with Gasteiger partial charge in [0.05, 0.1) is 17.9 Å². The number of hydrogen-bond acceptors (Lipinski definition) is 10. The van der Waals surface area contributed by atoms with Crippen molar-refractivity contribution in [1.29, 1.82) is 0 Å². The highest BCUT2D eigenvalue weighted by molar-refractivity contribution is 7.91. The third-order valence-corrected chi connectivity index (χ3v) is 11.5. The number of unbranched alkanes of at least 4 members (excludes halogenated alkanes) is 3. The Labute approximate surface area is 287 Å². The van der Waals surface area contributed by atoms with Crippen molar-refractivity contribution in [2.45, 2.75) is 126 Å². The summed E-state index contributed by atoms with van der Waals surface area (Å²) in [7, 11) is -3.87. The van der Waals surface area contributed by atoms with Gasteiger partial charge in [-0.25, -0.2) is 13.2 Å². The van der Waals surface area contributed by atoms with E-state index in [1.807, 2.05) is 0 Å². The molecule has 5 atom stereocenters. The fourth-order valence-electron chi connectivity index (χ4n) is 6.59. The minimum Gasteiger partial charge on any atom is -0.447 e. The van der Waals surface area contributed by atoms with Crippen molar-refractivity contribution in [2.75, 3.05) is 6.54 Å². The van der Waals surface area contributed by atoms with E-state index < -0.39 is 68.4 Å². The summed E-state index contributed by atoms with van der Waals surface area (Å²) in [6.45, 7) is 7.05. The molecule has 3 fully saturated rings. The molecule has 1 saturated heterocycles. The lowest BCUT2D eigenvalue weighted by molar-refractivity contribution is -0.141. The fraction of sp³-hybridized carbons (Fsp3) is 0.647. The van der Waals surface area contributed by atoms with Crippen LogP contribution < -0.4 is 15.4 Å². The quantitative estimate of drug-likeness (QED) is 0.182. The highest BCUT2D eigenvalue weighted by Gasteiger charge is 2.62. The van der Waals surface area contributed by atoms with E-state index in [0.717, 1.165) is 19.3 Å². The Kier molecular flexibility index (Phi) is 10.7. The Bertz CT molecular complexity index is 1600. The molecule has 2 aliphatic carbocycles. The molecular weight excluding hydrogens is 654 g/mol. The zero-order valence-corrected chi connectivity index (χ0v) is 29.3. The van der Waals surface area contributed by atoms with Gasteiger partial charge in [0, 0.05) is 18.4 Å². The molecule has 49 heavy (non-hydrogen) atoms. The van der Waals surface area contributed by atoms with E-state index in [2.05, 4.69) is 27.4 Å². The second-order valence-corrected chi connectivity index (χ2v) is 16.1. The number of oxime groups is 1. The Hall–Kier alpha value is -4.01. The van der Waals surface area contributed by atoms with E-state index in [0.29, 0.717) is 31.2 Å². The zero-order chi connectivity index (χ0) is 35.6. The number of likely N-dealkylation sites (tertiary alicyclic amines) is 1. The number of sulfonamides is 1. The molecule has 5 unspecified atom stereocenters. The number of nitrogens with one attached hydrogen (secondary N) is 3. The average molecular weight is 702 g/mol. The number of benzene rings is 1. The minimum absolute atomic E-state index is 0.0277. The number of alkyl carbamates (subject to hydrolysis) is 1. The molecule has 0 radical (unpaired) electrons. The molecule has 2 aliphatic heterocycles. The molecule has 268 valence electrons. The third-order valence-electron chi connectivity index (χ3n) is 9.66. The number of Topliss-reactive ketones (excluding diaryl/α,β-unsaturated/α-hetero) is 1. The van der Waals surface area contributed by atoms with Crippen LogP contribution >= 0.6 is 0 Å². The van der Waals surface area contributed by atoms with Crippen molar-refractivity contribution in [3.8, 4) is 0 Å². The maximum absolute atomic E-state index is 14.3. The summed E-state index contributed by atoms with van der Waals surface area (Å²) in [5.41, 5.74) is -2.13. The van der Waals surface area contributed by atoms with Gasteiger partial charge in [-0.05, 0) is 45.4 Å². The van der Waals surface area contributed by atoms with Gasteiger partial charge in [-0.1, -0.05) is 75.0 Å². The lowest BCUT2D eigenvalue weighted by Gasteiger charge is -2.30. The van der Waals surface area contributed by atoms with Crippen LogP contribution in [0.3, 0.4) is 0 Å². The molecular formula is C34H47N5O9S. The molecule has 15 heteroatoms.